The maximum atomic E-state index is 13.7. The van der Waals surface area contributed by atoms with Gasteiger partial charge in [0.2, 0.25) is 11.7 Å². The Balaban J connectivity index is 3.20. The van der Waals surface area contributed by atoms with Crippen LogP contribution in [-0.2, 0) is 9.53 Å². The number of nitrogens with zero attached hydrogens (tertiary/aromatic N) is 2. The van der Waals surface area contributed by atoms with E-state index in [0.717, 1.165) is 0 Å². The Morgan fingerprint density at radius 3 is 2.76 bits per heavy atom. The lowest BCUT2D eigenvalue weighted by atomic mass is 10.1. The zero-order chi connectivity index (χ0) is 16.0. The van der Waals surface area contributed by atoms with Crippen molar-refractivity contribution >= 4 is 27.7 Å². The topological polar surface area (TPSA) is 59.5 Å². The van der Waals surface area contributed by atoms with E-state index in [9.17, 15) is 14.0 Å². The van der Waals surface area contributed by atoms with Crippen LogP contribution >= 0.6 is 15.9 Å². The standard InChI is InChI=1S/C14H14BrFN2O3/c1-4-5-21-14(20)11(8-18(2)3)12(19)10-6-9(15)7-17-13(10)16/h4,6-8H,1,5H2,2-3H3/b11-8-. The minimum absolute atomic E-state index is 0.0455. The molecule has 0 atom stereocenters. The molecule has 0 saturated carbocycles. The van der Waals surface area contributed by atoms with Crippen LogP contribution in [0.25, 0.3) is 0 Å². The summed E-state index contributed by atoms with van der Waals surface area (Å²) in [6.07, 6.45) is 3.86. The highest BCUT2D eigenvalue weighted by Crippen LogP contribution is 2.17. The highest BCUT2D eigenvalue weighted by atomic mass is 79.9. The highest BCUT2D eigenvalue weighted by Gasteiger charge is 2.25. The second-order valence-electron chi connectivity index (χ2n) is 4.21. The molecule has 0 radical (unpaired) electrons. The molecule has 0 aliphatic rings. The van der Waals surface area contributed by atoms with Crippen LogP contribution in [0.3, 0.4) is 0 Å². The Bertz CT molecular complexity index is 600. The second kappa shape index (κ2) is 7.68. The number of halogens is 2. The van der Waals surface area contributed by atoms with Crippen molar-refractivity contribution in [1.29, 1.82) is 0 Å². The second-order valence-corrected chi connectivity index (χ2v) is 5.13. The molecule has 0 saturated heterocycles. The van der Waals surface area contributed by atoms with Gasteiger partial charge in [0.05, 0.1) is 5.56 Å². The molecule has 112 valence electrons. The van der Waals surface area contributed by atoms with Crippen LogP contribution in [0.4, 0.5) is 4.39 Å². The summed E-state index contributed by atoms with van der Waals surface area (Å²) in [6.45, 7) is 3.37. The number of ketones is 1. The molecule has 7 heteroatoms. The Morgan fingerprint density at radius 2 is 2.19 bits per heavy atom. The third kappa shape index (κ3) is 4.78. The largest absolute Gasteiger partial charge is 0.458 e. The molecule has 1 rings (SSSR count). The van der Waals surface area contributed by atoms with Crippen molar-refractivity contribution in [2.45, 2.75) is 0 Å². The van der Waals surface area contributed by atoms with Gasteiger partial charge in [0.1, 0.15) is 12.2 Å². The molecule has 0 aliphatic carbocycles. The minimum Gasteiger partial charge on any atom is -0.458 e. The summed E-state index contributed by atoms with van der Waals surface area (Å²) in [5.74, 6) is -2.61. The summed E-state index contributed by atoms with van der Waals surface area (Å²) in [4.78, 5) is 29.2. The number of aromatic nitrogens is 1. The Kier molecular flexibility index (Phi) is 6.23. The summed E-state index contributed by atoms with van der Waals surface area (Å²) in [6, 6.07) is 1.26. The molecular formula is C14H14BrFN2O3. The van der Waals surface area contributed by atoms with E-state index in [0.29, 0.717) is 4.47 Å². The molecule has 0 unspecified atom stereocenters. The first-order chi connectivity index (χ1) is 9.86. The first-order valence-corrected chi connectivity index (χ1v) is 6.68. The molecule has 0 fully saturated rings. The van der Waals surface area contributed by atoms with E-state index in [4.69, 9.17) is 4.74 Å². The average Bonchev–Trinajstić information content (AvgIpc) is 2.43. The minimum atomic E-state index is -0.954. The maximum absolute atomic E-state index is 13.7. The number of pyridine rings is 1. The van der Waals surface area contributed by atoms with E-state index in [1.165, 1.54) is 29.4 Å². The van der Waals surface area contributed by atoms with E-state index >= 15 is 0 Å². The number of ether oxygens (including phenoxy) is 1. The lowest BCUT2D eigenvalue weighted by molar-refractivity contribution is -0.137. The van der Waals surface area contributed by atoms with Crippen molar-refractivity contribution in [3.8, 4) is 0 Å². The van der Waals surface area contributed by atoms with Crippen molar-refractivity contribution in [1.82, 2.24) is 9.88 Å². The molecule has 0 N–H and O–H groups in total. The third-order valence-corrected chi connectivity index (χ3v) is 2.67. The number of carbonyl (C=O) groups excluding carboxylic acids is 2. The predicted molar refractivity (Wildman–Crippen MR) is 79.2 cm³/mol. The Hall–Kier alpha value is -2.02. The SMILES string of the molecule is C=CCOC(=O)/C(=C\N(C)C)C(=O)c1cc(Br)cnc1F. The van der Waals surface area contributed by atoms with Crippen LogP contribution < -0.4 is 0 Å². The lowest BCUT2D eigenvalue weighted by Gasteiger charge is -2.11. The van der Waals surface area contributed by atoms with Gasteiger partial charge in [-0.1, -0.05) is 12.7 Å². The normalized spacial score (nSPS) is 11.0. The molecule has 21 heavy (non-hydrogen) atoms. The van der Waals surface area contributed by atoms with Gasteiger partial charge < -0.3 is 9.64 Å². The van der Waals surface area contributed by atoms with Gasteiger partial charge in [-0.25, -0.2) is 9.78 Å². The van der Waals surface area contributed by atoms with E-state index in [1.54, 1.807) is 14.1 Å². The number of esters is 1. The van der Waals surface area contributed by atoms with Gasteiger partial charge in [-0.2, -0.15) is 4.39 Å². The van der Waals surface area contributed by atoms with Gasteiger partial charge in [-0.05, 0) is 22.0 Å². The molecule has 5 nitrogen and oxygen atoms in total. The van der Waals surface area contributed by atoms with Crippen molar-refractivity contribution in [3.05, 3.63) is 52.7 Å². The van der Waals surface area contributed by atoms with Crippen molar-refractivity contribution < 1.29 is 18.7 Å². The first-order valence-electron chi connectivity index (χ1n) is 5.88. The molecule has 1 aromatic heterocycles. The van der Waals surface area contributed by atoms with Crippen LogP contribution in [0, 0.1) is 5.95 Å². The summed E-state index contributed by atoms with van der Waals surface area (Å²) in [5.41, 5.74) is -0.603. The fourth-order valence-corrected chi connectivity index (χ4v) is 1.73. The fourth-order valence-electron chi connectivity index (χ4n) is 1.40. The molecule has 0 aromatic carbocycles. The molecule has 0 bridgehead atoms. The number of hydrogen-bond donors (Lipinski definition) is 0. The maximum Gasteiger partial charge on any atom is 0.343 e. The van der Waals surface area contributed by atoms with E-state index in [2.05, 4.69) is 27.5 Å². The summed E-state index contributed by atoms with van der Waals surface area (Å²) >= 11 is 3.10. The number of rotatable bonds is 6. The fraction of sp³-hybridized carbons (Fsp3) is 0.214. The molecule has 1 heterocycles. The number of Topliss-reactive ketones (excluding diaryl/α,β-unsaturated/α-hetero) is 1. The molecular weight excluding hydrogens is 343 g/mol. The highest BCUT2D eigenvalue weighted by molar-refractivity contribution is 9.10. The lowest BCUT2D eigenvalue weighted by Crippen LogP contribution is -2.20. The van der Waals surface area contributed by atoms with Gasteiger partial charge in [-0.15, -0.1) is 0 Å². The quantitative estimate of drug-likeness (QED) is 0.149. The van der Waals surface area contributed by atoms with Gasteiger partial charge in [0.25, 0.3) is 0 Å². The molecule has 0 aliphatic heterocycles. The van der Waals surface area contributed by atoms with E-state index < -0.39 is 17.7 Å². The van der Waals surface area contributed by atoms with E-state index in [1.807, 2.05) is 0 Å². The summed E-state index contributed by atoms with van der Waals surface area (Å²) in [7, 11) is 3.26. The van der Waals surface area contributed by atoms with Crippen molar-refractivity contribution in [2.75, 3.05) is 20.7 Å². The third-order valence-electron chi connectivity index (χ3n) is 2.23. The zero-order valence-corrected chi connectivity index (χ0v) is 13.2. The molecule has 1 aromatic rings. The van der Waals surface area contributed by atoms with Crippen LogP contribution in [0.15, 0.2) is 41.2 Å². The van der Waals surface area contributed by atoms with Gasteiger partial charge >= 0.3 is 5.97 Å². The van der Waals surface area contributed by atoms with Gasteiger partial charge in [0, 0.05) is 31.0 Å². The summed E-state index contributed by atoms with van der Waals surface area (Å²) < 4.78 is 18.9. The van der Waals surface area contributed by atoms with Gasteiger partial charge in [-0.3, -0.25) is 4.79 Å². The predicted octanol–water partition coefficient (Wildman–Crippen LogP) is 2.34. The average molecular weight is 357 g/mol. The first kappa shape index (κ1) is 17.0. The monoisotopic (exact) mass is 356 g/mol. The van der Waals surface area contributed by atoms with Crippen LogP contribution in [0.5, 0.6) is 0 Å². The smallest absolute Gasteiger partial charge is 0.343 e. The van der Waals surface area contributed by atoms with Crippen molar-refractivity contribution in [3.63, 3.8) is 0 Å². The molecule has 0 amide bonds. The van der Waals surface area contributed by atoms with Crippen LogP contribution in [0.1, 0.15) is 10.4 Å². The molecule has 0 spiro atoms. The van der Waals surface area contributed by atoms with Crippen LogP contribution in [0.2, 0.25) is 0 Å². The van der Waals surface area contributed by atoms with Crippen molar-refractivity contribution in [2.24, 2.45) is 0 Å². The zero-order valence-electron chi connectivity index (χ0n) is 11.6. The number of hydrogen-bond acceptors (Lipinski definition) is 5. The Morgan fingerprint density at radius 1 is 1.52 bits per heavy atom. The van der Waals surface area contributed by atoms with E-state index in [-0.39, 0.29) is 17.7 Å². The van der Waals surface area contributed by atoms with Gasteiger partial charge in [0.15, 0.2) is 0 Å². The van der Waals surface area contributed by atoms with Crippen LogP contribution in [-0.4, -0.2) is 42.3 Å². The summed E-state index contributed by atoms with van der Waals surface area (Å²) in [5, 5.41) is 0. The number of carbonyl (C=O) groups is 2. The Labute approximate surface area is 130 Å².